The molecule has 88 valence electrons. The summed E-state index contributed by atoms with van der Waals surface area (Å²) in [6.07, 6.45) is 1.73. The van der Waals surface area contributed by atoms with Gasteiger partial charge in [0.25, 0.3) is 0 Å². The molecule has 0 aliphatic rings. The topological polar surface area (TPSA) is 38.9 Å². The molecule has 1 aromatic heterocycles. The Bertz CT molecular complexity index is 422. The average Bonchev–Trinajstić information content (AvgIpc) is 2.34. The van der Waals surface area contributed by atoms with Crippen molar-refractivity contribution in [2.24, 2.45) is 0 Å². The zero-order valence-electron chi connectivity index (χ0n) is 10.9. The summed E-state index contributed by atoms with van der Waals surface area (Å²) >= 11 is 0. The van der Waals surface area contributed by atoms with Gasteiger partial charge in [0.15, 0.2) is 0 Å². The van der Waals surface area contributed by atoms with Crippen molar-refractivity contribution in [3.05, 3.63) is 36.0 Å². The van der Waals surface area contributed by atoms with Crippen LogP contribution in [0.15, 0.2) is 30.5 Å². The largest absolute Gasteiger partial charge is 0.398 e. The molecular formula is C14H22N2. The molecular weight excluding hydrogens is 196 g/mol. The van der Waals surface area contributed by atoms with Gasteiger partial charge in [-0.3, -0.25) is 4.98 Å². The maximum atomic E-state index is 5.77. The number of hydrogen-bond acceptors (Lipinski definition) is 2. The number of fused-ring (bicyclic) bond motifs is 1. The van der Waals surface area contributed by atoms with Gasteiger partial charge in [-0.25, -0.2) is 0 Å². The molecule has 0 aliphatic heterocycles. The highest BCUT2D eigenvalue weighted by molar-refractivity contribution is 5.89. The maximum absolute atomic E-state index is 5.77. The lowest BCUT2D eigenvalue weighted by Gasteiger charge is -2.00. The second kappa shape index (κ2) is 7.69. The summed E-state index contributed by atoms with van der Waals surface area (Å²) in [5.74, 6) is 0. The predicted octanol–water partition coefficient (Wildman–Crippen LogP) is 4.18. The molecule has 2 aromatic rings. The van der Waals surface area contributed by atoms with Crippen LogP contribution in [0.4, 0.5) is 5.69 Å². The van der Waals surface area contributed by atoms with Crippen LogP contribution in [0.2, 0.25) is 0 Å². The molecule has 0 amide bonds. The number of hydrogen-bond donors (Lipinski definition) is 1. The molecule has 0 fully saturated rings. The lowest BCUT2D eigenvalue weighted by molar-refractivity contribution is 1.39. The summed E-state index contributed by atoms with van der Waals surface area (Å²) in [5, 5.41) is 1.03. The van der Waals surface area contributed by atoms with Gasteiger partial charge >= 0.3 is 0 Å². The van der Waals surface area contributed by atoms with Gasteiger partial charge in [0.2, 0.25) is 0 Å². The van der Waals surface area contributed by atoms with E-state index in [9.17, 15) is 0 Å². The number of nitrogen functional groups attached to an aromatic ring is 1. The van der Waals surface area contributed by atoms with Crippen LogP contribution < -0.4 is 5.73 Å². The smallest absolute Gasteiger partial charge is 0.0725 e. The van der Waals surface area contributed by atoms with Crippen molar-refractivity contribution in [3.63, 3.8) is 0 Å². The molecule has 0 saturated carbocycles. The van der Waals surface area contributed by atoms with Crippen molar-refractivity contribution in [1.29, 1.82) is 0 Å². The monoisotopic (exact) mass is 218 g/mol. The molecule has 2 rings (SSSR count). The second-order valence-corrected chi connectivity index (χ2v) is 2.92. The highest BCUT2D eigenvalue weighted by atomic mass is 14.7. The lowest BCUT2D eigenvalue weighted by atomic mass is 10.1. The third-order valence-corrected chi connectivity index (χ3v) is 1.93. The minimum absolute atomic E-state index is 0.792. The van der Waals surface area contributed by atoms with E-state index in [1.54, 1.807) is 6.20 Å². The summed E-state index contributed by atoms with van der Waals surface area (Å²) in [6.45, 7) is 10.0. The van der Waals surface area contributed by atoms with E-state index in [4.69, 9.17) is 5.73 Å². The van der Waals surface area contributed by atoms with E-state index in [2.05, 4.69) is 4.98 Å². The van der Waals surface area contributed by atoms with Gasteiger partial charge in [0, 0.05) is 17.3 Å². The summed E-state index contributed by atoms with van der Waals surface area (Å²) in [5.41, 5.74) is 8.73. The van der Waals surface area contributed by atoms with Crippen molar-refractivity contribution in [3.8, 4) is 0 Å². The highest BCUT2D eigenvalue weighted by Gasteiger charge is 1.96. The number of anilines is 1. The second-order valence-electron chi connectivity index (χ2n) is 2.92. The van der Waals surface area contributed by atoms with E-state index >= 15 is 0 Å². The van der Waals surface area contributed by atoms with Gasteiger partial charge in [-0.15, -0.1) is 0 Å². The minimum atomic E-state index is 0.792. The van der Waals surface area contributed by atoms with Crippen molar-refractivity contribution in [1.82, 2.24) is 4.98 Å². The number of benzene rings is 1. The molecule has 0 saturated heterocycles. The fraction of sp³-hybridized carbons (Fsp3) is 0.357. The number of pyridine rings is 1. The van der Waals surface area contributed by atoms with E-state index in [1.165, 1.54) is 5.56 Å². The summed E-state index contributed by atoms with van der Waals surface area (Å²) in [4.78, 5) is 4.22. The molecule has 2 nitrogen and oxygen atoms in total. The Labute approximate surface area is 98.5 Å². The average molecular weight is 218 g/mol. The van der Waals surface area contributed by atoms with E-state index < -0.39 is 0 Å². The number of aryl methyl sites for hydroxylation is 1. The predicted molar refractivity (Wildman–Crippen MR) is 73.6 cm³/mol. The number of nitrogens with two attached hydrogens (primary N) is 1. The molecule has 0 spiro atoms. The lowest BCUT2D eigenvalue weighted by Crippen LogP contribution is -1.88. The quantitative estimate of drug-likeness (QED) is 0.720. The Balaban J connectivity index is 0.000000509. The van der Waals surface area contributed by atoms with E-state index in [-0.39, 0.29) is 0 Å². The fourth-order valence-electron chi connectivity index (χ4n) is 1.28. The fourth-order valence-corrected chi connectivity index (χ4v) is 1.28. The Morgan fingerprint density at radius 1 is 1.00 bits per heavy atom. The first-order valence-electron chi connectivity index (χ1n) is 5.88. The zero-order chi connectivity index (χ0) is 12.6. The van der Waals surface area contributed by atoms with Gasteiger partial charge in [-0.2, -0.15) is 0 Å². The normalized spacial score (nSPS) is 8.56. The maximum Gasteiger partial charge on any atom is 0.0725 e. The molecule has 16 heavy (non-hydrogen) atoms. The van der Waals surface area contributed by atoms with Gasteiger partial charge in [-0.1, -0.05) is 39.8 Å². The van der Waals surface area contributed by atoms with Gasteiger partial charge in [0.1, 0.15) is 0 Å². The molecule has 0 aliphatic carbocycles. The first-order chi connectivity index (χ1) is 7.77. The Hall–Kier alpha value is -1.57. The number of aromatic nitrogens is 1. The van der Waals surface area contributed by atoms with Crippen molar-refractivity contribution in [2.45, 2.75) is 34.6 Å². The highest BCUT2D eigenvalue weighted by Crippen LogP contribution is 2.18. The van der Waals surface area contributed by atoms with Crippen molar-refractivity contribution in [2.75, 3.05) is 5.73 Å². The molecule has 1 aromatic carbocycles. The summed E-state index contributed by atoms with van der Waals surface area (Å²) in [6, 6.07) is 7.90. The first-order valence-corrected chi connectivity index (χ1v) is 5.88. The summed E-state index contributed by atoms with van der Waals surface area (Å²) < 4.78 is 0. The number of nitrogens with zero attached hydrogens (tertiary/aromatic N) is 1. The van der Waals surface area contributed by atoms with E-state index in [0.29, 0.717) is 0 Å². The minimum Gasteiger partial charge on any atom is -0.398 e. The molecule has 0 atom stereocenters. The standard InChI is InChI=1S/C10H10N2.2C2H6/c1-7-2-3-8-9(11)4-5-12-10(8)6-7;2*1-2/h2-6H,1H3,(H2,11,12);2*1-2H3. The SMILES string of the molecule is CC.CC.Cc1ccc2c(N)ccnc2c1. The van der Waals surface area contributed by atoms with Gasteiger partial charge in [0.05, 0.1) is 5.52 Å². The Kier molecular flexibility index (Phi) is 6.93. The van der Waals surface area contributed by atoms with Crippen LogP contribution >= 0.6 is 0 Å². The number of rotatable bonds is 0. The van der Waals surface area contributed by atoms with Crippen LogP contribution in [-0.2, 0) is 0 Å². The molecule has 1 heterocycles. The molecule has 0 bridgehead atoms. The third-order valence-electron chi connectivity index (χ3n) is 1.93. The molecule has 0 unspecified atom stereocenters. The van der Waals surface area contributed by atoms with E-state index in [0.717, 1.165) is 16.6 Å². The van der Waals surface area contributed by atoms with Crippen molar-refractivity contribution < 1.29 is 0 Å². The van der Waals surface area contributed by atoms with E-state index in [1.807, 2.05) is 58.9 Å². The molecule has 2 heteroatoms. The zero-order valence-corrected chi connectivity index (χ0v) is 10.9. The van der Waals surface area contributed by atoms with Crippen LogP contribution in [0.3, 0.4) is 0 Å². The van der Waals surface area contributed by atoms with Crippen LogP contribution in [0.25, 0.3) is 10.9 Å². The Morgan fingerprint density at radius 3 is 2.25 bits per heavy atom. The Morgan fingerprint density at radius 2 is 1.62 bits per heavy atom. The van der Waals surface area contributed by atoms with Crippen LogP contribution in [-0.4, -0.2) is 4.98 Å². The van der Waals surface area contributed by atoms with Crippen LogP contribution in [0.5, 0.6) is 0 Å². The van der Waals surface area contributed by atoms with Gasteiger partial charge in [-0.05, 0) is 24.6 Å². The summed E-state index contributed by atoms with van der Waals surface area (Å²) in [7, 11) is 0. The molecule has 2 N–H and O–H groups in total. The van der Waals surface area contributed by atoms with Crippen molar-refractivity contribution >= 4 is 16.6 Å². The van der Waals surface area contributed by atoms with Crippen LogP contribution in [0, 0.1) is 6.92 Å². The third kappa shape index (κ3) is 3.54. The van der Waals surface area contributed by atoms with Crippen LogP contribution in [0.1, 0.15) is 33.3 Å². The molecule has 0 radical (unpaired) electrons. The van der Waals surface area contributed by atoms with Gasteiger partial charge < -0.3 is 5.73 Å². The first kappa shape index (κ1) is 14.4.